The summed E-state index contributed by atoms with van der Waals surface area (Å²) in [6, 6.07) is 8.15. The number of nitrogens with zero attached hydrogens (tertiary/aromatic N) is 1. The number of ketones is 2. The number of ether oxygens (including phenoxy) is 1. The molecule has 0 amide bonds. The van der Waals surface area contributed by atoms with Gasteiger partial charge in [-0.15, -0.1) is 0 Å². The third-order valence-electron chi connectivity index (χ3n) is 3.75. The second-order valence-electron chi connectivity index (χ2n) is 4.95. The van der Waals surface area contributed by atoms with Gasteiger partial charge in [0, 0.05) is 18.0 Å². The number of Topliss-reactive ketones (excluding diaryl/α,β-unsaturated/α-hetero) is 2. The third-order valence-corrected chi connectivity index (χ3v) is 4.88. The second kappa shape index (κ2) is 5.66. The Kier molecular flexibility index (Phi) is 3.87. The summed E-state index contributed by atoms with van der Waals surface area (Å²) in [4.78, 5) is 26.7. The zero-order valence-electron chi connectivity index (χ0n) is 12.0. The van der Waals surface area contributed by atoms with Crippen molar-refractivity contribution in [1.82, 2.24) is 0 Å². The molecule has 0 N–H and O–H groups in total. The summed E-state index contributed by atoms with van der Waals surface area (Å²) in [7, 11) is 0. The van der Waals surface area contributed by atoms with Crippen molar-refractivity contribution in [3.05, 3.63) is 35.4 Å². The quantitative estimate of drug-likeness (QED) is 0.800. The first-order chi connectivity index (χ1) is 10.2. The maximum atomic E-state index is 11.8. The Hall–Kier alpha value is -1.59. The zero-order chi connectivity index (χ0) is 15.0. The van der Waals surface area contributed by atoms with Gasteiger partial charge in [-0.1, -0.05) is 23.9 Å². The van der Waals surface area contributed by atoms with E-state index in [4.69, 9.17) is 4.74 Å². The molecular formula is C16H17NO3S. The highest BCUT2D eigenvalue weighted by Gasteiger charge is 2.49. The summed E-state index contributed by atoms with van der Waals surface area (Å²) in [5, 5.41) is 1.01. The molecule has 1 saturated carbocycles. The van der Waals surface area contributed by atoms with Crippen molar-refractivity contribution in [2.24, 2.45) is 5.92 Å². The van der Waals surface area contributed by atoms with E-state index in [9.17, 15) is 9.59 Å². The molecule has 0 aromatic heterocycles. The minimum Gasteiger partial charge on any atom is -0.369 e. The first-order valence-corrected chi connectivity index (χ1v) is 7.95. The normalized spacial score (nSPS) is 26.2. The monoisotopic (exact) mass is 303 g/mol. The van der Waals surface area contributed by atoms with Crippen molar-refractivity contribution in [2.45, 2.75) is 24.8 Å². The van der Waals surface area contributed by atoms with E-state index in [1.165, 1.54) is 4.90 Å². The molecule has 3 rings (SSSR count). The maximum Gasteiger partial charge on any atom is 0.228 e. The van der Waals surface area contributed by atoms with Gasteiger partial charge in [0.2, 0.25) is 11.6 Å². The van der Waals surface area contributed by atoms with Crippen molar-refractivity contribution in [3.8, 4) is 0 Å². The van der Waals surface area contributed by atoms with Crippen LogP contribution in [0.4, 0.5) is 5.69 Å². The summed E-state index contributed by atoms with van der Waals surface area (Å²) in [5.74, 6) is -1.18. The highest BCUT2D eigenvalue weighted by atomic mass is 32.2. The van der Waals surface area contributed by atoms with Gasteiger partial charge < -0.3 is 9.64 Å². The van der Waals surface area contributed by atoms with Gasteiger partial charge in [0.05, 0.1) is 16.6 Å². The molecule has 5 heteroatoms. The summed E-state index contributed by atoms with van der Waals surface area (Å²) in [5.41, 5.74) is 1.15. The lowest BCUT2D eigenvalue weighted by molar-refractivity contribution is -0.159. The number of hydrogen-bond acceptors (Lipinski definition) is 5. The molecule has 1 aromatic carbocycles. The number of anilines is 1. The van der Waals surface area contributed by atoms with Gasteiger partial charge in [-0.05, 0) is 32.1 Å². The lowest BCUT2D eigenvalue weighted by Gasteiger charge is -2.31. The first kappa shape index (κ1) is 14.4. The van der Waals surface area contributed by atoms with E-state index >= 15 is 0 Å². The number of benzene rings is 1. The lowest BCUT2D eigenvalue weighted by Crippen LogP contribution is -2.53. The number of fused-ring (bicyclic) bond motifs is 1. The van der Waals surface area contributed by atoms with Gasteiger partial charge >= 0.3 is 0 Å². The minimum absolute atomic E-state index is 0.339. The lowest BCUT2D eigenvalue weighted by atomic mass is 9.79. The molecule has 2 unspecified atom stereocenters. The molecular weight excluding hydrogens is 286 g/mol. The number of para-hydroxylation sites is 1. The topological polar surface area (TPSA) is 46.6 Å². The molecule has 21 heavy (non-hydrogen) atoms. The molecule has 110 valence electrons. The first-order valence-electron chi connectivity index (χ1n) is 7.13. The van der Waals surface area contributed by atoms with Gasteiger partial charge in [-0.3, -0.25) is 9.59 Å². The summed E-state index contributed by atoms with van der Waals surface area (Å²) in [6.07, 6.45) is 1.29. The van der Waals surface area contributed by atoms with E-state index in [-0.39, 0.29) is 5.78 Å². The number of carbonyl (C=O) groups is 2. The molecule has 1 heterocycles. The van der Waals surface area contributed by atoms with Gasteiger partial charge in [0.25, 0.3) is 0 Å². The predicted octanol–water partition coefficient (Wildman–Crippen LogP) is 2.63. The largest absolute Gasteiger partial charge is 0.369 e. The molecule has 1 aliphatic carbocycles. The van der Waals surface area contributed by atoms with E-state index < -0.39 is 17.8 Å². The molecule has 2 atom stereocenters. The molecule has 1 fully saturated rings. The Bertz CT molecular complexity index is 626. The van der Waals surface area contributed by atoms with E-state index in [1.807, 2.05) is 25.1 Å². The average molecular weight is 303 g/mol. The molecule has 1 aliphatic heterocycles. The maximum absolute atomic E-state index is 11.8. The van der Waals surface area contributed by atoms with Crippen molar-refractivity contribution in [1.29, 1.82) is 0 Å². The van der Waals surface area contributed by atoms with E-state index in [1.54, 1.807) is 11.8 Å². The van der Waals surface area contributed by atoms with Crippen LogP contribution in [0.2, 0.25) is 0 Å². The third kappa shape index (κ3) is 2.30. The van der Waals surface area contributed by atoms with Crippen LogP contribution in [0, 0.1) is 5.92 Å². The fraction of sp³-hybridized carbons (Fsp3) is 0.375. The number of carbonyl (C=O) groups excluding carboxylic acids is 2. The summed E-state index contributed by atoms with van der Waals surface area (Å²) in [6.45, 7) is 5.17. The molecule has 1 aromatic rings. The number of rotatable bonds is 4. The van der Waals surface area contributed by atoms with Crippen LogP contribution in [-0.2, 0) is 14.3 Å². The van der Waals surface area contributed by atoms with Gasteiger partial charge in [0.15, 0.2) is 0 Å². The smallest absolute Gasteiger partial charge is 0.228 e. The van der Waals surface area contributed by atoms with E-state index in [0.29, 0.717) is 6.61 Å². The molecule has 0 spiro atoms. The minimum atomic E-state index is -0.599. The van der Waals surface area contributed by atoms with Crippen LogP contribution in [0.5, 0.6) is 0 Å². The Morgan fingerprint density at radius 1 is 1.24 bits per heavy atom. The molecule has 0 saturated heterocycles. The number of hydrogen-bond donors (Lipinski definition) is 0. The number of thioether (sulfide) groups is 1. The van der Waals surface area contributed by atoms with Crippen molar-refractivity contribution >= 4 is 29.0 Å². The van der Waals surface area contributed by atoms with Crippen molar-refractivity contribution < 1.29 is 14.3 Å². The Morgan fingerprint density at radius 2 is 2.00 bits per heavy atom. The van der Waals surface area contributed by atoms with Crippen molar-refractivity contribution in [2.75, 3.05) is 18.1 Å². The summed E-state index contributed by atoms with van der Waals surface area (Å²) < 4.78 is 5.39. The SMILES string of the molecule is CCOC1C(=O)C(=O)C1/C=C1/Sc2ccccc2N1CC. The van der Waals surface area contributed by atoms with E-state index in [2.05, 4.69) is 24.0 Å². The Labute approximate surface area is 128 Å². The van der Waals surface area contributed by atoms with Gasteiger partial charge in [-0.2, -0.15) is 0 Å². The van der Waals surface area contributed by atoms with Crippen LogP contribution in [0.15, 0.2) is 40.3 Å². The van der Waals surface area contributed by atoms with Gasteiger partial charge in [-0.25, -0.2) is 0 Å². The fourth-order valence-electron chi connectivity index (χ4n) is 2.69. The Morgan fingerprint density at radius 3 is 2.71 bits per heavy atom. The van der Waals surface area contributed by atoms with Crippen LogP contribution < -0.4 is 4.90 Å². The van der Waals surface area contributed by atoms with Crippen LogP contribution >= 0.6 is 11.8 Å². The highest BCUT2D eigenvalue weighted by molar-refractivity contribution is 8.03. The summed E-state index contributed by atoms with van der Waals surface area (Å²) >= 11 is 1.64. The highest BCUT2D eigenvalue weighted by Crippen LogP contribution is 2.46. The molecule has 0 bridgehead atoms. The van der Waals surface area contributed by atoms with Crippen LogP contribution in [0.1, 0.15) is 13.8 Å². The van der Waals surface area contributed by atoms with Gasteiger partial charge in [0.1, 0.15) is 6.10 Å². The molecule has 2 aliphatic rings. The van der Waals surface area contributed by atoms with E-state index in [0.717, 1.165) is 17.3 Å². The van der Waals surface area contributed by atoms with Crippen molar-refractivity contribution in [3.63, 3.8) is 0 Å². The van der Waals surface area contributed by atoms with Crippen LogP contribution in [0.3, 0.4) is 0 Å². The van der Waals surface area contributed by atoms with Crippen LogP contribution in [-0.4, -0.2) is 30.8 Å². The zero-order valence-corrected chi connectivity index (χ0v) is 12.9. The second-order valence-corrected chi connectivity index (χ2v) is 6.01. The standard InChI is InChI=1S/C16H17NO3S/c1-3-17-11-7-5-6-8-12(11)21-13(17)9-10-14(18)15(19)16(10)20-4-2/h5-10,16H,3-4H2,1-2H3/b13-9+. The fourth-order valence-corrected chi connectivity index (χ4v) is 3.89. The Balaban J connectivity index is 1.87. The van der Waals surface area contributed by atoms with Crippen LogP contribution in [0.25, 0.3) is 0 Å². The molecule has 4 nitrogen and oxygen atoms in total. The average Bonchev–Trinajstić information content (AvgIpc) is 2.87. The predicted molar refractivity (Wildman–Crippen MR) is 82.3 cm³/mol. The molecule has 0 radical (unpaired) electrons.